The number of pyridine rings is 2. The first-order valence-electron chi connectivity index (χ1n) is 7.19. The third-order valence-electron chi connectivity index (χ3n) is 3.60. The predicted octanol–water partition coefficient (Wildman–Crippen LogP) is 3.93. The van der Waals surface area contributed by atoms with Gasteiger partial charge in [-0.3, -0.25) is 9.98 Å². The molecule has 5 nitrogen and oxygen atoms in total. The Labute approximate surface area is 138 Å². The van der Waals surface area contributed by atoms with Crippen LogP contribution in [0.5, 0.6) is 5.75 Å². The molecule has 0 saturated heterocycles. The van der Waals surface area contributed by atoms with E-state index >= 15 is 0 Å². The quantitative estimate of drug-likeness (QED) is 0.798. The summed E-state index contributed by atoms with van der Waals surface area (Å²) < 4.78 is 19.2. The van der Waals surface area contributed by atoms with Crippen LogP contribution < -0.4 is 9.64 Å². The maximum absolute atomic E-state index is 13.7. The number of aliphatic imine (C=N–C) groups is 1. The van der Waals surface area contributed by atoms with Crippen molar-refractivity contribution in [3.8, 4) is 5.75 Å². The minimum Gasteiger partial charge on any atom is -0.494 e. The van der Waals surface area contributed by atoms with Crippen LogP contribution in [0.3, 0.4) is 0 Å². The van der Waals surface area contributed by atoms with Crippen molar-refractivity contribution in [2.45, 2.75) is 19.8 Å². The van der Waals surface area contributed by atoms with Crippen molar-refractivity contribution in [3.63, 3.8) is 0 Å². The van der Waals surface area contributed by atoms with Gasteiger partial charge in [0, 0.05) is 24.0 Å². The first kappa shape index (κ1) is 15.7. The number of rotatable bonds is 3. The van der Waals surface area contributed by atoms with Gasteiger partial charge in [-0.2, -0.15) is 0 Å². The van der Waals surface area contributed by atoms with Crippen molar-refractivity contribution in [3.05, 3.63) is 40.6 Å². The number of halogens is 2. The van der Waals surface area contributed by atoms with E-state index < -0.39 is 5.82 Å². The fourth-order valence-electron chi connectivity index (χ4n) is 2.56. The van der Waals surface area contributed by atoms with Crippen molar-refractivity contribution in [1.29, 1.82) is 0 Å². The normalized spacial score (nSPS) is 13.4. The first-order valence-corrected chi connectivity index (χ1v) is 7.57. The van der Waals surface area contributed by atoms with Crippen LogP contribution in [0, 0.1) is 5.82 Å². The number of methoxy groups -OCH3 is 1. The molecule has 0 bridgehead atoms. The number of hydrogen-bond acceptors (Lipinski definition) is 5. The Kier molecular flexibility index (Phi) is 4.17. The van der Waals surface area contributed by atoms with E-state index in [2.05, 4.69) is 15.0 Å². The molecule has 1 aliphatic heterocycles. The summed E-state index contributed by atoms with van der Waals surface area (Å²) in [6, 6.07) is 3.11. The molecule has 7 heteroatoms. The van der Waals surface area contributed by atoms with E-state index in [1.807, 2.05) is 18.7 Å². The lowest BCUT2D eigenvalue weighted by Crippen LogP contribution is -2.26. The molecule has 0 N–H and O–H groups in total. The number of anilines is 2. The molecule has 23 heavy (non-hydrogen) atoms. The summed E-state index contributed by atoms with van der Waals surface area (Å²) in [5.41, 5.74) is 2.20. The molecule has 3 rings (SSSR count). The molecular weight excluding hydrogens is 319 g/mol. The molecule has 2 aromatic heterocycles. The third-order valence-corrected chi connectivity index (χ3v) is 3.87. The maximum Gasteiger partial charge on any atom is 0.167 e. The molecule has 0 saturated carbocycles. The van der Waals surface area contributed by atoms with E-state index in [0.29, 0.717) is 23.8 Å². The molecule has 1 aliphatic rings. The minimum absolute atomic E-state index is 0.169. The highest BCUT2D eigenvalue weighted by Gasteiger charge is 2.26. The molecule has 0 unspecified atom stereocenters. The third kappa shape index (κ3) is 2.74. The van der Waals surface area contributed by atoms with Crippen molar-refractivity contribution < 1.29 is 9.13 Å². The number of fused-ring (bicyclic) bond motifs is 1. The maximum atomic E-state index is 13.7. The zero-order chi connectivity index (χ0) is 16.6. The second-order valence-electron chi connectivity index (χ2n) is 5.46. The van der Waals surface area contributed by atoms with Gasteiger partial charge in [-0.1, -0.05) is 25.4 Å². The Morgan fingerprint density at radius 3 is 2.87 bits per heavy atom. The van der Waals surface area contributed by atoms with Gasteiger partial charge in [-0.25, -0.2) is 9.37 Å². The van der Waals surface area contributed by atoms with Crippen LogP contribution in [0.15, 0.2) is 23.3 Å². The zero-order valence-electron chi connectivity index (χ0n) is 13.0. The van der Waals surface area contributed by atoms with E-state index in [1.54, 1.807) is 25.6 Å². The fraction of sp³-hybridized carbons (Fsp3) is 0.312. The molecular formula is C16H16ClFN4O. The van der Waals surface area contributed by atoms with E-state index in [-0.39, 0.29) is 11.1 Å². The number of hydrogen-bond donors (Lipinski definition) is 0. The van der Waals surface area contributed by atoms with Gasteiger partial charge in [-0.15, -0.1) is 0 Å². The van der Waals surface area contributed by atoms with Gasteiger partial charge in [0.15, 0.2) is 11.0 Å². The lowest BCUT2D eigenvalue weighted by molar-refractivity contribution is 0.413. The van der Waals surface area contributed by atoms with E-state index in [9.17, 15) is 4.39 Å². The highest BCUT2D eigenvalue weighted by atomic mass is 35.5. The molecule has 0 aliphatic carbocycles. The number of nitrogens with zero attached hydrogens (tertiary/aromatic N) is 4. The molecule has 120 valence electrons. The van der Waals surface area contributed by atoms with Gasteiger partial charge in [-0.05, 0) is 12.0 Å². The monoisotopic (exact) mass is 334 g/mol. The molecule has 0 atom stereocenters. The Hall–Kier alpha value is -2.21. The Bertz CT molecular complexity index is 779. The van der Waals surface area contributed by atoms with Crippen LogP contribution >= 0.6 is 11.6 Å². The summed E-state index contributed by atoms with van der Waals surface area (Å²) in [5.74, 6) is 0.805. The second-order valence-corrected chi connectivity index (χ2v) is 5.81. The van der Waals surface area contributed by atoms with Crippen molar-refractivity contribution in [2.24, 2.45) is 4.99 Å². The summed E-state index contributed by atoms with van der Waals surface area (Å²) >= 11 is 5.87. The summed E-state index contributed by atoms with van der Waals surface area (Å²) in [4.78, 5) is 14.8. The van der Waals surface area contributed by atoms with Gasteiger partial charge in [0.05, 0.1) is 12.8 Å². The van der Waals surface area contributed by atoms with Crippen molar-refractivity contribution in [1.82, 2.24) is 9.97 Å². The van der Waals surface area contributed by atoms with Gasteiger partial charge in [0.25, 0.3) is 0 Å². The molecule has 0 amide bonds. The average molecular weight is 335 g/mol. The number of ether oxygens (including phenoxy) is 1. The van der Waals surface area contributed by atoms with Crippen LogP contribution in [-0.2, 0) is 0 Å². The summed E-state index contributed by atoms with van der Waals surface area (Å²) in [6.07, 6.45) is 3.30. The highest BCUT2D eigenvalue weighted by Crippen LogP contribution is 2.40. The molecule has 3 heterocycles. The predicted molar refractivity (Wildman–Crippen MR) is 88.7 cm³/mol. The zero-order valence-corrected chi connectivity index (χ0v) is 13.8. The standard InChI is InChI=1S/C16H16ClFN4O/c1-9(2)13-14(12(23-3)4-5-20-13)22-8-19-7-10-6-11(18)15(17)21-16(10)22/h4-7,9H,8H2,1-3H3. The van der Waals surface area contributed by atoms with Crippen LogP contribution in [0.4, 0.5) is 15.9 Å². The Morgan fingerprint density at radius 2 is 2.17 bits per heavy atom. The van der Waals surface area contributed by atoms with Crippen LogP contribution in [-0.4, -0.2) is 30.0 Å². The molecule has 0 fully saturated rings. The Morgan fingerprint density at radius 1 is 1.39 bits per heavy atom. The van der Waals surface area contributed by atoms with Gasteiger partial charge in [0.2, 0.25) is 0 Å². The summed E-state index contributed by atoms with van der Waals surface area (Å²) in [5, 5.41) is -0.169. The van der Waals surface area contributed by atoms with Gasteiger partial charge in [0.1, 0.15) is 23.9 Å². The fourth-order valence-corrected chi connectivity index (χ4v) is 2.69. The molecule has 0 aromatic carbocycles. The lowest BCUT2D eigenvalue weighted by atomic mass is 10.1. The van der Waals surface area contributed by atoms with Crippen LogP contribution in [0.2, 0.25) is 5.15 Å². The number of aromatic nitrogens is 2. The van der Waals surface area contributed by atoms with E-state index in [4.69, 9.17) is 16.3 Å². The topological polar surface area (TPSA) is 50.6 Å². The smallest absolute Gasteiger partial charge is 0.167 e. The SMILES string of the molecule is COc1ccnc(C(C)C)c1N1CN=Cc2cc(F)c(Cl)nc21. The van der Waals surface area contributed by atoms with Crippen molar-refractivity contribution >= 4 is 29.3 Å². The molecule has 2 aromatic rings. The summed E-state index contributed by atoms with van der Waals surface area (Å²) in [6.45, 7) is 4.43. The minimum atomic E-state index is -0.569. The van der Waals surface area contributed by atoms with Gasteiger partial charge >= 0.3 is 0 Å². The van der Waals surface area contributed by atoms with Gasteiger partial charge < -0.3 is 9.64 Å². The average Bonchev–Trinajstić information content (AvgIpc) is 2.54. The Balaban J connectivity index is 2.22. The molecule has 0 spiro atoms. The van der Waals surface area contributed by atoms with E-state index in [0.717, 1.165) is 11.4 Å². The van der Waals surface area contributed by atoms with Crippen LogP contribution in [0.1, 0.15) is 31.0 Å². The first-order chi connectivity index (χ1) is 11.0. The van der Waals surface area contributed by atoms with E-state index in [1.165, 1.54) is 6.07 Å². The van der Waals surface area contributed by atoms with Crippen molar-refractivity contribution in [2.75, 3.05) is 18.7 Å². The summed E-state index contributed by atoms with van der Waals surface area (Å²) in [7, 11) is 1.60. The largest absolute Gasteiger partial charge is 0.494 e. The van der Waals surface area contributed by atoms with Crippen LogP contribution in [0.25, 0.3) is 0 Å². The lowest BCUT2D eigenvalue weighted by Gasteiger charge is -2.30. The molecule has 0 radical (unpaired) electrons. The second kappa shape index (κ2) is 6.12. The highest BCUT2D eigenvalue weighted by molar-refractivity contribution is 6.29.